The van der Waals surface area contributed by atoms with Crippen molar-refractivity contribution in [1.29, 1.82) is 0 Å². The number of para-hydroxylation sites is 2. The Morgan fingerprint density at radius 1 is 0.533 bits per heavy atom. The fraction of sp³-hybridized carbons (Fsp3) is 0. The molecule has 4 aromatic carbocycles. The minimum atomic E-state index is -0.0580. The Morgan fingerprint density at radius 3 is 1.97 bits per heavy atom. The molecule has 0 saturated carbocycles. The van der Waals surface area contributed by atoms with Crippen molar-refractivity contribution < 1.29 is 0 Å². The summed E-state index contributed by atoms with van der Waals surface area (Å²) in [6.07, 6.45) is 0. The third-order valence-electron chi connectivity index (χ3n) is 5.75. The molecule has 0 atom stereocenters. The van der Waals surface area contributed by atoms with Crippen molar-refractivity contribution >= 4 is 27.3 Å². The van der Waals surface area contributed by atoms with E-state index in [1.807, 2.05) is 75.7 Å². The molecule has 3 nitrogen and oxygen atoms in total. The third-order valence-corrected chi connectivity index (χ3v) is 5.75. The van der Waals surface area contributed by atoms with Gasteiger partial charge in [-0.25, -0.2) is 4.79 Å². The van der Waals surface area contributed by atoms with E-state index >= 15 is 0 Å². The molecule has 2 heterocycles. The molecule has 0 fully saturated rings. The molecule has 2 aromatic heterocycles. The highest BCUT2D eigenvalue weighted by molar-refractivity contribution is 6.01. The number of rotatable bonds is 2. The van der Waals surface area contributed by atoms with Crippen LogP contribution in [0.3, 0.4) is 0 Å². The molecule has 0 aliphatic carbocycles. The topological polar surface area (TPSA) is 26.4 Å². The Bertz CT molecular complexity index is 1590. The maximum atomic E-state index is 13.7. The SMILES string of the molecule is O=c1n(-c2ccc(-c3ccccc3)cc2)c2ccccc2c2cc3ccccc3n12. The predicted molar refractivity (Wildman–Crippen MR) is 123 cm³/mol. The van der Waals surface area contributed by atoms with E-state index in [2.05, 4.69) is 42.5 Å². The van der Waals surface area contributed by atoms with Crippen LogP contribution in [0.5, 0.6) is 0 Å². The number of hydrogen-bond acceptors (Lipinski definition) is 1. The van der Waals surface area contributed by atoms with Crippen molar-refractivity contribution in [3.63, 3.8) is 0 Å². The Labute approximate surface area is 173 Å². The van der Waals surface area contributed by atoms with Gasteiger partial charge >= 0.3 is 5.69 Å². The summed E-state index contributed by atoms with van der Waals surface area (Å²) in [6, 6.07) is 36.7. The highest BCUT2D eigenvalue weighted by atomic mass is 16.1. The molecule has 0 aliphatic heterocycles. The molecule has 0 aliphatic rings. The van der Waals surface area contributed by atoms with E-state index in [0.717, 1.165) is 44.1 Å². The smallest absolute Gasteiger partial charge is 0.262 e. The van der Waals surface area contributed by atoms with Crippen LogP contribution >= 0.6 is 0 Å². The van der Waals surface area contributed by atoms with Crippen molar-refractivity contribution in [1.82, 2.24) is 8.97 Å². The van der Waals surface area contributed by atoms with Crippen molar-refractivity contribution in [2.45, 2.75) is 0 Å². The van der Waals surface area contributed by atoms with Crippen molar-refractivity contribution in [2.75, 3.05) is 0 Å². The average molecular weight is 386 g/mol. The van der Waals surface area contributed by atoms with Crippen LogP contribution in [0.2, 0.25) is 0 Å². The van der Waals surface area contributed by atoms with Crippen LogP contribution in [0.4, 0.5) is 0 Å². The highest BCUT2D eigenvalue weighted by Gasteiger charge is 2.14. The van der Waals surface area contributed by atoms with E-state index in [1.165, 1.54) is 0 Å². The van der Waals surface area contributed by atoms with Gasteiger partial charge in [0.25, 0.3) is 0 Å². The van der Waals surface area contributed by atoms with Gasteiger partial charge in [0.15, 0.2) is 0 Å². The second-order valence-electron chi connectivity index (χ2n) is 7.47. The number of aromatic nitrogens is 2. The van der Waals surface area contributed by atoms with E-state index < -0.39 is 0 Å². The van der Waals surface area contributed by atoms with Crippen LogP contribution in [0.15, 0.2) is 114 Å². The summed E-state index contributed by atoms with van der Waals surface area (Å²) in [5.74, 6) is 0. The van der Waals surface area contributed by atoms with Gasteiger partial charge in [-0.1, -0.05) is 78.9 Å². The lowest BCUT2D eigenvalue weighted by molar-refractivity contribution is 0.936. The molecule has 0 bridgehead atoms. The summed E-state index contributed by atoms with van der Waals surface area (Å²) in [6.45, 7) is 0. The first-order chi connectivity index (χ1) is 14.8. The Morgan fingerprint density at radius 2 is 1.17 bits per heavy atom. The summed E-state index contributed by atoms with van der Waals surface area (Å²) in [7, 11) is 0. The maximum Gasteiger partial charge on any atom is 0.338 e. The number of fused-ring (bicyclic) bond motifs is 5. The van der Waals surface area contributed by atoms with Crippen LogP contribution in [-0.4, -0.2) is 8.97 Å². The molecule has 0 unspecified atom stereocenters. The van der Waals surface area contributed by atoms with Crippen LogP contribution in [0.25, 0.3) is 44.1 Å². The lowest BCUT2D eigenvalue weighted by atomic mass is 10.1. The number of benzene rings is 4. The molecule has 30 heavy (non-hydrogen) atoms. The zero-order valence-electron chi connectivity index (χ0n) is 16.2. The molecule has 0 saturated heterocycles. The third kappa shape index (κ3) is 2.42. The molecular weight excluding hydrogens is 368 g/mol. The summed E-state index contributed by atoms with van der Waals surface area (Å²) >= 11 is 0. The van der Waals surface area contributed by atoms with Crippen molar-refractivity contribution in [3.05, 3.63) is 120 Å². The minimum absolute atomic E-state index is 0.0580. The van der Waals surface area contributed by atoms with E-state index in [0.29, 0.717) is 0 Å². The monoisotopic (exact) mass is 386 g/mol. The zero-order valence-corrected chi connectivity index (χ0v) is 16.2. The molecular formula is C27H18N2O. The quantitative estimate of drug-likeness (QED) is 0.355. The normalized spacial score (nSPS) is 11.5. The summed E-state index contributed by atoms with van der Waals surface area (Å²) < 4.78 is 3.63. The van der Waals surface area contributed by atoms with Crippen molar-refractivity contribution in [3.8, 4) is 16.8 Å². The second-order valence-corrected chi connectivity index (χ2v) is 7.47. The Hall–Kier alpha value is -4.11. The van der Waals surface area contributed by atoms with Gasteiger partial charge in [-0.3, -0.25) is 8.97 Å². The van der Waals surface area contributed by atoms with Crippen LogP contribution in [-0.2, 0) is 0 Å². The highest BCUT2D eigenvalue weighted by Crippen LogP contribution is 2.27. The summed E-state index contributed by atoms with van der Waals surface area (Å²) in [5, 5.41) is 2.12. The van der Waals surface area contributed by atoms with Gasteiger partial charge in [-0.2, -0.15) is 0 Å². The van der Waals surface area contributed by atoms with Gasteiger partial charge in [0.1, 0.15) is 0 Å². The molecule has 142 valence electrons. The van der Waals surface area contributed by atoms with E-state index in [1.54, 1.807) is 0 Å². The molecule has 0 spiro atoms. The van der Waals surface area contributed by atoms with E-state index in [-0.39, 0.29) is 5.69 Å². The fourth-order valence-corrected chi connectivity index (χ4v) is 4.33. The summed E-state index contributed by atoms with van der Waals surface area (Å²) in [5.41, 5.74) is 5.86. The zero-order chi connectivity index (χ0) is 20.1. The minimum Gasteiger partial charge on any atom is -0.262 e. The number of hydrogen-bond donors (Lipinski definition) is 0. The van der Waals surface area contributed by atoms with Crippen LogP contribution < -0.4 is 5.69 Å². The van der Waals surface area contributed by atoms with Crippen molar-refractivity contribution in [2.24, 2.45) is 0 Å². The van der Waals surface area contributed by atoms with Gasteiger partial charge in [-0.05, 0) is 41.5 Å². The lowest BCUT2D eigenvalue weighted by Gasteiger charge is -2.13. The molecule has 0 radical (unpaired) electrons. The molecule has 0 amide bonds. The molecule has 6 rings (SSSR count). The Kier molecular flexibility index (Phi) is 3.62. The van der Waals surface area contributed by atoms with Crippen LogP contribution in [0, 0.1) is 0 Å². The first-order valence-electron chi connectivity index (χ1n) is 10.0. The average Bonchev–Trinajstić information content (AvgIpc) is 3.21. The van der Waals surface area contributed by atoms with Crippen LogP contribution in [0.1, 0.15) is 0 Å². The molecule has 0 N–H and O–H groups in total. The Balaban J connectivity index is 1.67. The standard InChI is InChI=1S/C27H18N2O/c30-27-28(22-16-14-20(15-17-22)19-8-2-1-3-9-19)25-13-7-5-11-23(25)26-18-21-10-4-6-12-24(21)29(26)27/h1-18H. The molecule has 6 aromatic rings. The predicted octanol–water partition coefficient (Wildman–Crippen LogP) is 6.06. The van der Waals surface area contributed by atoms with Gasteiger partial charge in [-0.15, -0.1) is 0 Å². The largest absolute Gasteiger partial charge is 0.338 e. The van der Waals surface area contributed by atoms with Gasteiger partial charge in [0.2, 0.25) is 0 Å². The first-order valence-corrected chi connectivity index (χ1v) is 10.0. The summed E-state index contributed by atoms with van der Waals surface area (Å²) in [4.78, 5) is 13.7. The maximum absolute atomic E-state index is 13.7. The number of nitrogens with zero attached hydrogens (tertiary/aromatic N) is 2. The van der Waals surface area contributed by atoms with Gasteiger partial charge in [0.05, 0.1) is 22.2 Å². The van der Waals surface area contributed by atoms with E-state index in [4.69, 9.17) is 0 Å². The second kappa shape index (κ2) is 6.46. The first kappa shape index (κ1) is 16.8. The van der Waals surface area contributed by atoms with Gasteiger partial charge in [0, 0.05) is 10.8 Å². The lowest BCUT2D eigenvalue weighted by Crippen LogP contribution is -2.25. The fourth-order valence-electron chi connectivity index (χ4n) is 4.33. The molecule has 3 heteroatoms. The van der Waals surface area contributed by atoms with E-state index in [9.17, 15) is 4.79 Å². The van der Waals surface area contributed by atoms with Gasteiger partial charge < -0.3 is 0 Å².